The zero-order chi connectivity index (χ0) is 13.0. The van der Waals surface area contributed by atoms with E-state index in [1.807, 2.05) is 13.1 Å². The van der Waals surface area contributed by atoms with Crippen LogP contribution in [0.15, 0.2) is 18.3 Å². The van der Waals surface area contributed by atoms with Gasteiger partial charge in [-0.3, -0.25) is 14.8 Å². The lowest BCUT2D eigenvalue weighted by atomic mass is 10.1. The van der Waals surface area contributed by atoms with Gasteiger partial charge in [0.15, 0.2) is 0 Å². The summed E-state index contributed by atoms with van der Waals surface area (Å²) >= 11 is 0. The van der Waals surface area contributed by atoms with Crippen molar-refractivity contribution < 1.29 is 5.11 Å². The first-order valence-corrected chi connectivity index (χ1v) is 6.68. The van der Waals surface area contributed by atoms with Crippen molar-refractivity contribution in [2.45, 2.75) is 26.4 Å². The molecule has 0 spiro atoms. The van der Waals surface area contributed by atoms with Crippen LogP contribution in [0.3, 0.4) is 0 Å². The quantitative estimate of drug-likeness (QED) is 0.860. The highest BCUT2D eigenvalue weighted by atomic mass is 16.3. The van der Waals surface area contributed by atoms with Crippen LogP contribution in [0.4, 0.5) is 0 Å². The van der Waals surface area contributed by atoms with Crippen molar-refractivity contribution in [3.05, 3.63) is 29.6 Å². The molecule has 18 heavy (non-hydrogen) atoms. The van der Waals surface area contributed by atoms with E-state index in [1.165, 1.54) is 5.56 Å². The number of hydrogen-bond acceptors (Lipinski definition) is 4. The lowest BCUT2D eigenvalue weighted by Crippen LogP contribution is -2.52. The summed E-state index contributed by atoms with van der Waals surface area (Å²) in [5, 5.41) is 9.00. The van der Waals surface area contributed by atoms with Crippen LogP contribution in [-0.2, 0) is 6.54 Å². The zero-order valence-corrected chi connectivity index (χ0v) is 11.3. The fraction of sp³-hybridized carbons (Fsp3) is 0.643. The Morgan fingerprint density at radius 2 is 2.22 bits per heavy atom. The van der Waals surface area contributed by atoms with Crippen LogP contribution in [0, 0.1) is 6.92 Å². The number of aliphatic hydroxyl groups excluding tert-OH is 1. The van der Waals surface area contributed by atoms with E-state index in [1.54, 1.807) is 0 Å². The molecule has 0 radical (unpaired) electrons. The molecule has 0 unspecified atom stereocenters. The van der Waals surface area contributed by atoms with Gasteiger partial charge in [0.1, 0.15) is 0 Å². The minimum Gasteiger partial charge on any atom is -0.395 e. The molecule has 1 fully saturated rings. The normalized spacial score (nSPS) is 22.3. The number of hydrogen-bond donors (Lipinski definition) is 1. The molecule has 1 atom stereocenters. The molecule has 1 aromatic heterocycles. The van der Waals surface area contributed by atoms with Crippen LogP contribution < -0.4 is 0 Å². The minimum atomic E-state index is 0.256. The molecular weight excluding hydrogens is 226 g/mol. The standard InChI is InChI=1S/C14H23N3O/c1-12-3-4-14(9-15-12)11-16-5-6-17(7-8-18)13(2)10-16/h3-4,9,13,18H,5-8,10-11H2,1-2H3/t13-/m0/s1. The summed E-state index contributed by atoms with van der Waals surface area (Å²) in [4.78, 5) is 9.15. The van der Waals surface area contributed by atoms with E-state index in [0.717, 1.165) is 38.4 Å². The van der Waals surface area contributed by atoms with Gasteiger partial charge in [0, 0.05) is 50.7 Å². The molecule has 0 aliphatic carbocycles. The lowest BCUT2D eigenvalue weighted by molar-refractivity contribution is 0.0647. The van der Waals surface area contributed by atoms with Gasteiger partial charge in [-0.2, -0.15) is 0 Å². The van der Waals surface area contributed by atoms with Crippen molar-refractivity contribution in [1.82, 2.24) is 14.8 Å². The summed E-state index contributed by atoms with van der Waals surface area (Å²) in [7, 11) is 0. The Bertz CT molecular complexity index is 366. The lowest BCUT2D eigenvalue weighted by Gasteiger charge is -2.39. The van der Waals surface area contributed by atoms with Crippen molar-refractivity contribution in [2.75, 3.05) is 32.8 Å². The van der Waals surface area contributed by atoms with Crippen LogP contribution in [0.25, 0.3) is 0 Å². The summed E-state index contributed by atoms with van der Waals surface area (Å²) < 4.78 is 0. The first-order valence-electron chi connectivity index (χ1n) is 6.68. The molecule has 0 bridgehead atoms. The molecule has 2 heterocycles. The van der Waals surface area contributed by atoms with Gasteiger partial charge < -0.3 is 5.11 Å². The third-order valence-corrected chi connectivity index (χ3v) is 3.62. The van der Waals surface area contributed by atoms with Gasteiger partial charge in [0.05, 0.1) is 6.61 Å². The van der Waals surface area contributed by atoms with Crippen LogP contribution in [-0.4, -0.2) is 58.7 Å². The first-order chi connectivity index (χ1) is 8.69. The number of nitrogens with zero attached hydrogens (tertiary/aromatic N) is 3. The average Bonchev–Trinajstić information content (AvgIpc) is 2.36. The Balaban J connectivity index is 1.87. The van der Waals surface area contributed by atoms with Gasteiger partial charge >= 0.3 is 0 Å². The predicted molar refractivity (Wildman–Crippen MR) is 72.4 cm³/mol. The Morgan fingerprint density at radius 1 is 1.39 bits per heavy atom. The van der Waals surface area contributed by atoms with Crippen molar-refractivity contribution in [1.29, 1.82) is 0 Å². The first kappa shape index (κ1) is 13.5. The summed E-state index contributed by atoms with van der Waals surface area (Å²) in [6.07, 6.45) is 1.97. The maximum Gasteiger partial charge on any atom is 0.0558 e. The zero-order valence-electron chi connectivity index (χ0n) is 11.3. The van der Waals surface area contributed by atoms with Gasteiger partial charge in [0.2, 0.25) is 0 Å². The third kappa shape index (κ3) is 3.51. The molecule has 0 aromatic carbocycles. The molecule has 100 valence electrons. The number of pyridine rings is 1. The van der Waals surface area contributed by atoms with Crippen LogP contribution in [0.2, 0.25) is 0 Å². The fourth-order valence-electron chi connectivity index (χ4n) is 2.53. The number of β-amino-alcohol motifs (C(OH)–C–C–N with tert-alkyl or cyclic N) is 1. The van der Waals surface area contributed by atoms with E-state index >= 15 is 0 Å². The molecule has 4 nitrogen and oxygen atoms in total. The monoisotopic (exact) mass is 249 g/mol. The van der Waals surface area contributed by atoms with E-state index in [9.17, 15) is 0 Å². The van der Waals surface area contributed by atoms with Gasteiger partial charge in [0.25, 0.3) is 0 Å². The van der Waals surface area contributed by atoms with Gasteiger partial charge in [-0.15, -0.1) is 0 Å². The third-order valence-electron chi connectivity index (χ3n) is 3.62. The number of aromatic nitrogens is 1. The van der Waals surface area contributed by atoms with Crippen LogP contribution in [0.1, 0.15) is 18.2 Å². The Labute approximate surface area is 109 Å². The minimum absolute atomic E-state index is 0.256. The predicted octanol–water partition coefficient (Wildman–Crippen LogP) is 0.888. The average molecular weight is 249 g/mol. The molecule has 1 N–H and O–H groups in total. The van der Waals surface area contributed by atoms with E-state index in [2.05, 4.69) is 33.8 Å². The van der Waals surface area contributed by atoms with Crippen LogP contribution in [0.5, 0.6) is 0 Å². The SMILES string of the molecule is Cc1ccc(CN2CCN(CCO)[C@@H](C)C2)cn1. The maximum absolute atomic E-state index is 9.00. The molecule has 2 rings (SSSR count). The van der Waals surface area contributed by atoms with E-state index in [0.29, 0.717) is 6.04 Å². The van der Waals surface area contributed by atoms with Crippen molar-refractivity contribution in [3.8, 4) is 0 Å². The Morgan fingerprint density at radius 3 is 2.83 bits per heavy atom. The molecule has 0 amide bonds. The Kier molecular flexibility index (Phi) is 4.69. The summed E-state index contributed by atoms with van der Waals surface area (Å²) in [5.41, 5.74) is 2.35. The number of rotatable bonds is 4. The molecular formula is C14H23N3O. The van der Waals surface area contributed by atoms with Crippen LogP contribution >= 0.6 is 0 Å². The van der Waals surface area contributed by atoms with E-state index in [-0.39, 0.29) is 6.61 Å². The van der Waals surface area contributed by atoms with Crippen molar-refractivity contribution >= 4 is 0 Å². The number of aliphatic hydroxyl groups is 1. The highest BCUT2D eigenvalue weighted by Gasteiger charge is 2.22. The molecule has 0 saturated carbocycles. The van der Waals surface area contributed by atoms with Gasteiger partial charge in [-0.05, 0) is 25.5 Å². The molecule has 1 aliphatic heterocycles. The fourth-order valence-corrected chi connectivity index (χ4v) is 2.53. The smallest absolute Gasteiger partial charge is 0.0558 e. The second-order valence-corrected chi connectivity index (χ2v) is 5.15. The van der Waals surface area contributed by atoms with Gasteiger partial charge in [-0.25, -0.2) is 0 Å². The van der Waals surface area contributed by atoms with Crippen molar-refractivity contribution in [3.63, 3.8) is 0 Å². The summed E-state index contributed by atoms with van der Waals surface area (Å²) in [5.74, 6) is 0. The Hall–Kier alpha value is -0.970. The van der Waals surface area contributed by atoms with E-state index in [4.69, 9.17) is 5.11 Å². The number of aryl methyl sites for hydroxylation is 1. The second-order valence-electron chi connectivity index (χ2n) is 5.15. The molecule has 1 saturated heterocycles. The summed E-state index contributed by atoms with van der Waals surface area (Å²) in [6, 6.07) is 4.75. The largest absolute Gasteiger partial charge is 0.395 e. The van der Waals surface area contributed by atoms with Gasteiger partial charge in [-0.1, -0.05) is 6.07 Å². The molecule has 4 heteroatoms. The second kappa shape index (κ2) is 6.27. The molecule has 1 aliphatic rings. The number of piperazine rings is 1. The summed E-state index contributed by atoms with van der Waals surface area (Å²) in [6.45, 7) is 9.44. The highest BCUT2D eigenvalue weighted by Crippen LogP contribution is 2.12. The molecule has 1 aromatic rings. The van der Waals surface area contributed by atoms with Crippen molar-refractivity contribution in [2.24, 2.45) is 0 Å². The topological polar surface area (TPSA) is 39.6 Å². The maximum atomic E-state index is 9.00. The highest BCUT2D eigenvalue weighted by molar-refractivity contribution is 5.13. The van der Waals surface area contributed by atoms with E-state index < -0.39 is 0 Å².